The number of nitrogens with zero attached hydrogens (tertiary/aromatic N) is 2. The molecule has 0 radical (unpaired) electrons. The molecule has 0 aliphatic rings. The standard InChI is InChI=1S/C19H23N3O4/c1-4-5-8-25-16-10-14-9-13(17-20-19(24)26-21-17)6-7-15(14)18(23)22(16)11-12(2)3/h6-7,9-10,12H,4-5,8,11H2,1-3H3,(H,20,21,24). The summed E-state index contributed by atoms with van der Waals surface area (Å²) >= 11 is 0. The zero-order valence-electron chi connectivity index (χ0n) is 15.2. The summed E-state index contributed by atoms with van der Waals surface area (Å²) in [5.41, 5.74) is 0.590. The Bertz CT molecular complexity index is 1010. The second-order valence-corrected chi connectivity index (χ2v) is 6.74. The third-order valence-electron chi connectivity index (χ3n) is 4.08. The maximum Gasteiger partial charge on any atom is 0.439 e. The molecule has 0 saturated carbocycles. The number of H-pyrrole nitrogens is 1. The first-order valence-electron chi connectivity index (χ1n) is 8.86. The Morgan fingerprint density at radius 2 is 2.08 bits per heavy atom. The van der Waals surface area contributed by atoms with Gasteiger partial charge < -0.3 is 4.74 Å². The van der Waals surface area contributed by atoms with Gasteiger partial charge in [-0.2, -0.15) is 0 Å². The van der Waals surface area contributed by atoms with Gasteiger partial charge >= 0.3 is 5.76 Å². The van der Waals surface area contributed by atoms with Crippen LogP contribution in [0.4, 0.5) is 0 Å². The number of pyridine rings is 1. The van der Waals surface area contributed by atoms with Crippen LogP contribution in [0.2, 0.25) is 0 Å². The number of hydrogen-bond donors (Lipinski definition) is 1. The molecule has 3 aromatic rings. The van der Waals surface area contributed by atoms with Crippen molar-refractivity contribution in [3.05, 3.63) is 45.2 Å². The van der Waals surface area contributed by atoms with Gasteiger partial charge in [0.05, 0.1) is 6.61 Å². The van der Waals surface area contributed by atoms with Gasteiger partial charge in [-0.1, -0.05) is 38.4 Å². The number of benzene rings is 1. The molecule has 7 nitrogen and oxygen atoms in total. The monoisotopic (exact) mass is 357 g/mol. The first kappa shape index (κ1) is 18.0. The third-order valence-corrected chi connectivity index (χ3v) is 4.08. The fourth-order valence-corrected chi connectivity index (χ4v) is 2.81. The lowest BCUT2D eigenvalue weighted by atomic mass is 10.1. The minimum atomic E-state index is -0.615. The molecule has 0 aliphatic carbocycles. The Morgan fingerprint density at radius 3 is 2.73 bits per heavy atom. The van der Waals surface area contributed by atoms with Crippen molar-refractivity contribution in [1.29, 1.82) is 0 Å². The molecule has 2 aromatic heterocycles. The van der Waals surface area contributed by atoms with Crippen molar-refractivity contribution >= 4 is 10.8 Å². The van der Waals surface area contributed by atoms with Gasteiger partial charge in [0.2, 0.25) is 0 Å². The van der Waals surface area contributed by atoms with Gasteiger partial charge in [-0.15, -0.1) is 0 Å². The van der Waals surface area contributed by atoms with Gasteiger partial charge in [0.1, 0.15) is 0 Å². The molecule has 1 N–H and O–H groups in total. The van der Waals surface area contributed by atoms with E-state index in [-0.39, 0.29) is 5.56 Å². The summed E-state index contributed by atoms with van der Waals surface area (Å²) in [5.74, 6) is 0.598. The van der Waals surface area contributed by atoms with Crippen LogP contribution in [0.3, 0.4) is 0 Å². The van der Waals surface area contributed by atoms with E-state index < -0.39 is 5.76 Å². The lowest BCUT2D eigenvalue weighted by Gasteiger charge is -2.17. The number of hydrogen-bond acceptors (Lipinski definition) is 5. The molecule has 0 aliphatic heterocycles. The molecule has 3 rings (SSSR count). The van der Waals surface area contributed by atoms with E-state index in [0.717, 1.165) is 18.2 Å². The van der Waals surface area contributed by atoms with Gasteiger partial charge in [-0.3, -0.25) is 18.9 Å². The Labute approximate surface area is 150 Å². The molecule has 0 unspecified atom stereocenters. The van der Waals surface area contributed by atoms with E-state index in [1.165, 1.54) is 0 Å². The minimum absolute atomic E-state index is 0.0807. The summed E-state index contributed by atoms with van der Waals surface area (Å²) in [4.78, 5) is 26.6. The summed E-state index contributed by atoms with van der Waals surface area (Å²) in [5, 5.41) is 5.04. The van der Waals surface area contributed by atoms with Gasteiger partial charge in [0, 0.05) is 23.6 Å². The highest BCUT2D eigenvalue weighted by Gasteiger charge is 2.13. The van der Waals surface area contributed by atoms with E-state index in [2.05, 4.69) is 35.4 Å². The quantitative estimate of drug-likeness (QED) is 0.656. The molecule has 0 amide bonds. The average Bonchev–Trinajstić information content (AvgIpc) is 3.04. The zero-order valence-corrected chi connectivity index (χ0v) is 15.2. The molecule has 0 saturated heterocycles. The van der Waals surface area contributed by atoms with Gasteiger partial charge in [-0.25, -0.2) is 4.79 Å². The number of rotatable bonds is 7. The fourth-order valence-electron chi connectivity index (χ4n) is 2.81. The van der Waals surface area contributed by atoms with E-state index >= 15 is 0 Å². The van der Waals surface area contributed by atoms with Crippen LogP contribution in [0.15, 0.2) is 38.4 Å². The lowest BCUT2D eigenvalue weighted by molar-refractivity contribution is 0.274. The smallest absolute Gasteiger partial charge is 0.439 e. The van der Waals surface area contributed by atoms with Crippen LogP contribution in [0, 0.1) is 5.92 Å². The third kappa shape index (κ3) is 3.71. The highest BCUT2D eigenvalue weighted by molar-refractivity contribution is 5.86. The van der Waals surface area contributed by atoms with E-state index in [1.807, 2.05) is 6.07 Å². The Hall–Kier alpha value is -2.83. The first-order valence-corrected chi connectivity index (χ1v) is 8.86. The largest absolute Gasteiger partial charge is 0.479 e. The van der Waals surface area contributed by atoms with Crippen LogP contribution in [0.25, 0.3) is 22.2 Å². The summed E-state index contributed by atoms with van der Waals surface area (Å²) in [6.07, 6.45) is 1.94. The highest BCUT2D eigenvalue weighted by atomic mass is 16.5. The van der Waals surface area contributed by atoms with Crippen LogP contribution >= 0.6 is 0 Å². The fraction of sp³-hybridized carbons (Fsp3) is 0.421. The predicted octanol–water partition coefficient (Wildman–Crippen LogP) is 3.18. The molecule has 0 spiro atoms. The Morgan fingerprint density at radius 1 is 1.27 bits per heavy atom. The van der Waals surface area contributed by atoms with E-state index in [1.54, 1.807) is 22.8 Å². The Kier molecular flexibility index (Phi) is 5.25. The average molecular weight is 357 g/mol. The summed E-state index contributed by atoms with van der Waals surface area (Å²) in [6.45, 7) is 7.38. The van der Waals surface area contributed by atoms with Gasteiger partial charge in [0.25, 0.3) is 5.56 Å². The summed E-state index contributed by atoms with van der Waals surface area (Å²) < 4.78 is 12.1. The molecule has 26 heavy (non-hydrogen) atoms. The molecular weight excluding hydrogens is 334 g/mol. The number of nitrogens with one attached hydrogen (secondary N) is 1. The lowest BCUT2D eigenvalue weighted by Crippen LogP contribution is -2.24. The summed E-state index contributed by atoms with van der Waals surface area (Å²) in [6, 6.07) is 7.16. The van der Waals surface area contributed by atoms with E-state index in [9.17, 15) is 9.59 Å². The van der Waals surface area contributed by atoms with Crippen molar-refractivity contribution < 1.29 is 9.26 Å². The van der Waals surface area contributed by atoms with Gasteiger partial charge in [0.15, 0.2) is 11.7 Å². The van der Waals surface area contributed by atoms with Crippen LogP contribution in [-0.2, 0) is 6.54 Å². The molecule has 7 heteroatoms. The number of aromatic nitrogens is 3. The highest BCUT2D eigenvalue weighted by Crippen LogP contribution is 2.24. The van der Waals surface area contributed by atoms with E-state index in [0.29, 0.717) is 41.7 Å². The number of unbranched alkanes of at least 4 members (excludes halogenated alkanes) is 1. The molecule has 1 aromatic carbocycles. The van der Waals surface area contributed by atoms with Crippen molar-refractivity contribution in [3.8, 4) is 17.3 Å². The molecule has 138 valence electrons. The van der Waals surface area contributed by atoms with Crippen molar-refractivity contribution in [2.45, 2.75) is 40.2 Å². The summed E-state index contributed by atoms with van der Waals surface area (Å²) in [7, 11) is 0. The van der Waals surface area contributed by atoms with E-state index in [4.69, 9.17) is 4.74 Å². The number of ether oxygens (including phenoxy) is 1. The molecule has 0 fully saturated rings. The predicted molar refractivity (Wildman–Crippen MR) is 99.6 cm³/mol. The van der Waals surface area contributed by atoms with Crippen LogP contribution in [0.5, 0.6) is 5.88 Å². The van der Waals surface area contributed by atoms with Crippen molar-refractivity contribution in [3.63, 3.8) is 0 Å². The van der Waals surface area contributed by atoms with Crippen LogP contribution < -0.4 is 16.1 Å². The molecule has 0 atom stereocenters. The molecule has 2 heterocycles. The zero-order chi connectivity index (χ0) is 18.7. The second-order valence-electron chi connectivity index (χ2n) is 6.74. The van der Waals surface area contributed by atoms with Gasteiger partial charge in [-0.05, 0) is 29.9 Å². The SMILES string of the molecule is CCCCOc1cc2cc(-c3noc(=O)[nH]3)ccc2c(=O)n1CC(C)C. The van der Waals surface area contributed by atoms with Crippen molar-refractivity contribution in [2.24, 2.45) is 5.92 Å². The Balaban J connectivity index is 2.11. The number of fused-ring (bicyclic) bond motifs is 1. The van der Waals surface area contributed by atoms with Crippen molar-refractivity contribution in [1.82, 2.24) is 14.7 Å². The molecule has 0 bridgehead atoms. The maximum atomic E-state index is 13.0. The topological polar surface area (TPSA) is 90.1 Å². The second kappa shape index (κ2) is 7.59. The van der Waals surface area contributed by atoms with Crippen LogP contribution in [-0.4, -0.2) is 21.3 Å². The molecular formula is C19H23N3O4. The normalized spacial score (nSPS) is 11.4. The maximum absolute atomic E-state index is 13.0. The minimum Gasteiger partial charge on any atom is -0.479 e. The number of aromatic amines is 1. The van der Waals surface area contributed by atoms with Crippen LogP contribution in [0.1, 0.15) is 33.6 Å². The first-order chi connectivity index (χ1) is 12.5. The van der Waals surface area contributed by atoms with Crippen molar-refractivity contribution in [2.75, 3.05) is 6.61 Å².